The van der Waals surface area contributed by atoms with Crippen molar-refractivity contribution in [2.75, 3.05) is 7.05 Å². The number of amides is 1. The van der Waals surface area contributed by atoms with Gasteiger partial charge in [-0.3, -0.25) is 9.59 Å². The quantitative estimate of drug-likeness (QED) is 0.651. The fraction of sp³-hybridized carbons (Fsp3) is 0.250. The van der Waals surface area contributed by atoms with Crippen molar-refractivity contribution in [3.8, 4) is 5.75 Å². The lowest BCUT2D eigenvalue weighted by molar-refractivity contribution is -0.0498. The number of aromatic nitrogens is 2. The lowest BCUT2D eigenvalue weighted by Gasteiger charge is -2.18. The van der Waals surface area contributed by atoms with Gasteiger partial charge in [0.25, 0.3) is 11.5 Å². The molecule has 146 valence electrons. The van der Waals surface area contributed by atoms with Gasteiger partial charge in [0.15, 0.2) is 5.69 Å². The van der Waals surface area contributed by atoms with Gasteiger partial charge in [0.2, 0.25) is 0 Å². The van der Waals surface area contributed by atoms with Crippen LogP contribution >= 0.6 is 0 Å². The number of carbonyl (C=O) groups is 1. The van der Waals surface area contributed by atoms with E-state index in [-0.39, 0.29) is 29.5 Å². The van der Waals surface area contributed by atoms with E-state index in [2.05, 4.69) is 9.84 Å². The Hall–Kier alpha value is -3.29. The molecule has 0 aliphatic carbocycles. The summed E-state index contributed by atoms with van der Waals surface area (Å²) in [6.07, 6.45) is 0. The number of halogens is 2. The first-order valence-corrected chi connectivity index (χ1v) is 8.69. The number of ether oxygens (including phenoxy) is 1. The van der Waals surface area contributed by atoms with Crippen molar-refractivity contribution in [3.05, 3.63) is 70.1 Å². The zero-order valence-corrected chi connectivity index (χ0v) is 15.4. The van der Waals surface area contributed by atoms with Crippen molar-refractivity contribution < 1.29 is 18.3 Å². The summed E-state index contributed by atoms with van der Waals surface area (Å²) in [7, 11) is 1.61. The zero-order chi connectivity index (χ0) is 20.3. The number of aryl methyl sites for hydroxylation is 1. The van der Waals surface area contributed by atoms with Crippen LogP contribution in [0.25, 0.3) is 10.8 Å². The molecule has 0 fully saturated rings. The minimum Gasteiger partial charge on any atom is -0.435 e. The normalized spacial score (nSPS) is 11.0. The summed E-state index contributed by atoms with van der Waals surface area (Å²) in [5, 5.41) is 5.17. The minimum absolute atomic E-state index is 0.0513. The Morgan fingerprint density at radius 1 is 1.14 bits per heavy atom. The highest BCUT2D eigenvalue weighted by Gasteiger charge is 2.20. The number of alkyl halides is 2. The van der Waals surface area contributed by atoms with Gasteiger partial charge in [-0.25, -0.2) is 4.68 Å². The van der Waals surface area contributed by atoms with Crippen molar-refractivity contribution in [1.29, 1.82) is 0 Å². The zero-order valence-electron chi connectivity index (χ0n) is 15.4. The highest BCUT2D eigenvalue weighted by Crippen LogP contribution is 2.18. The summed E-state index contributed by atoms with van der Waals surface area (Å²) < 4.78 is 30.1. The SMILES string of the molecule is CCn1nc(C(=O)N(C)Cc2ccc(OC(F)F)cc2)c2ccccc2c1=O. The van der Waals surface area contributed by atoms with Crippen LogP contribution < -0.4 is 10.3 Å². The topological polar surface area (TPSA) is 64.4 Å². The van der Waals surface area contributed by atoms with E-state index >= 15 is 0 Å². The van der Waals surface area contributed by atoms with E-state index in [4.69, 9.17) is 0 Å². The smallest absolute Gasteiger partial charge is 0.387 e. The maximum atomic E-state index is 13.0. The number of nitrogens with zero attached hydrogens (tertiary/aromatic N) is 3. The van der Waals surface area contributed by atoms with Gasteiger partial charge in [-0.1, -0.05) is 30.3 Å². The lowest BCUT2D eigenvalue weighted by atomic mass is 10.1. The first-order chi connectivity index (χ1) is 13.4. The Kier molecular flexibility index (Phi) is 5.67. The molecule has 1 amide bonds. The molecule has 3 aromatic rings. The van der Waals surface area contributed by atoms with Gasteiger partial charge in [0, 0.05) is 25.5 Å². The number of rotatable bonds is 6. The second-order valence-corrected chi connectivity index (χ2v) is 6.20. The number of carbonyl (C=O) groups excluding carboxylic acids is 1. The average molecular weight is 387 g/mol. The van der Waals surface area contributed by atoms with E-state index in [9.17, 15) is 18.4 Å². The fourth-order valence-corrected chi connectivity index (χ4v) is 2.91. The first kappa shape index (κ1) is 19.5. The van der Waals surface area contributed by atoms with Crippen LogP contribution in [0, 0.1) is 0 Å². The molecule has 0 radical (unpaired) electrons. The van der Waals surface area contributed by atoms with Crippen molar-refractivity contribution in [2.24, 2.45) is 0 Å². The predicted molar refractivity (Wildman–Crippen MR) is 101 cm³/mol. The fourth-order valence-electron chi connectivity index (χ4n) is 2.91. The van der Waals surface area contributed by atoms with Gasteiger partial charge < -0.3 is 9.64 Å². The van der Waals surface area contributed by atoms with Crippen LogP contribution in [0.4, 0.5) is 8.78 Å². The molecule has 1 heterocycles. The number of benzene rings is 2. The van der Waals surface area contributed by atoms with Gasteiger partial charge in [-0.2, -0.15) is 13.9 Å². The third-order valence-electron chi connectivity index (χ3n) is 4.28. The van der Waals surface area contributed by atoms with Gasteiger partial charge in [0.1, 0.15) is 5.75 Å². The third kappa shape index (κ3) is 4.00. The van der Waals surface area contributed by atoms with Crippen LogP contribution in [0.5, 0.6) is 5.75 Å². The summed E-state index contributed by atoms with van der Waals surface area (Å²) in [6, 6.07) is 12.9. The molecule has 0 atom stereocenters. The molecule has 0 saturated heterocycles. The predicted octanol–water partition coefficient (Wildman–Crippen LogP) is 3.29. The van der Waals surface area contributed by atoms with Crippen LogP contribution in [-0.4, -0.2) is 34.2 Å². The molecule has 0 N–H and O–H groups in total. The van der Waals surface area contributed by atoms with Crippen molar-refractivity contribution in [2.45, 2.75) is 26.6 Å². The Balaban J connectivity index is 1.87. The van der Waals surface area contributed by atoms with Crippen LogP contribution in [0.2, 0.25) is 0 Å². The largest absolute Gasteiger partial charge is 0.435 e. The molecule has 0 saturated carbocycles. The van der Waals surface area contributed by atoms with Crippen molar-refractivity contribution in [3.63, 3.8) is 0 Å². The van der Waals surface area contributed by atoms with Gasteiger partial charge in [-0.05, 0) is 30.7 Å². The third-order valence-corrected chi connectivity index (χ3v) is 4.28. The molecule has 0 unspecified atom stereocenters. The Labute approximate surface area is 160 Å². The molecule has 0 bridgehead atoms. The number of hydrogen-bond acceptors (Lipinski definition) is 4. The molecule has 28 heavy (non-hydrogen) atoms. The van der Waals surface area contributed by atoms with E-state index in [0.717, 1.165) is 5.56 Å². The van der Waals surface area contributed by atoms with E-state index in [0.29, 0.717) is 17.3 Å². The monoisotopic (exact) mass is 387 g/mol. The van der Waals surface area contributed by atoms with Gasteiger partial charge >= 0.3 is 6.61 Å². The van der Waals surface area contributed by atoms with Crippen LogP contribution in [-0.2, 0) is 13.1 Å². The molecule has 0 aliphatic heterocycles. The Bertz CT molecular complexity index is 1050. The second-order valence-electron chi connectivity index (χ2n) is 6.20. The first-order valence-electron chi connectivity index (χ1n) is 8.69. The summed E-state index contributed by atoms with van der Waals surface area (Å²) in [5.41, 5.74) is 0.690. The molecular weight excluding hydrogens is 368 g/mol. The molecule has 6 nitrogen and oxygen atoms in total. The standard InChI is InChI=1S/C20H19F2N3O3/c1-3-25-18(26)16-7-5-4-6-15(16)17(23-25)19(27)24(2)12-13-8-10-14(11-9-13)28-20(21)22/h4-11,20H,3,12H2,1-2H3. The number of hydrogen-bond donors (Lipinski definition) is 0. The average Bonchev–Trinajstić information content (AvgIpc) is 2.69. The molecule has 2 aromatic carbocycles. The second kappa shape index (κ2) is 8.16. The summed E-state index contributed by atoms with van der Waals surface area (Å²) in [5.74, 6) is -0.290. The van der Waals surface area contributed by atoms with Gasteiger partial charge in [-0.15, -0.1) is 0 Å². The maximum absolute atomic E-state index is 13.0. The summed E-state index contributed by atoms with van der Waals surface area (Å²) in [4.78, 5) is 26.9. The molecule has 3 rings (SSSR count). The van der Waals surface area contributed by atoms with E-state index < -0.39 is 6.61 Å². The van der Waals surface area contributed by atoms with E-state index in [1.165, 1.54) is 21.7 Å². The molecule has 1 aromatic heterocycles. The molecule has 0 aliphatic rings. The van der Waals surface area contributed by atoms with Crippen LogP contribution in [0.3, 0.4) is 0 Å². The maximum Gasteiger partial charge on any atom is 0.387 e. The number of fused-ring (bicyclic) bond motifs is 1. The molecular formula is C20H19F2N3O3. The minimum atomic E-state index is -2.89. The van der Waals surface area contributed by atoms with Gasteiger partial charge in [0.05, 0.1) is 5.39 Å². The molecule has 8 heteroatoms. The van der Waals surface area contributed by atoms with E-state index in [1.54, 1.807) is 50.4 Å². The highest BCUT2D eigenvalue weighted by atomic mass is 19.3. The summed E-state index contributed by atoms with van der Waals surface area (Å²) in [6.45, 7) is -0.512. The van der Waals surface area contributed by atoms with Crippen molar-refractivity contribution >= 4 is 16.7 Å². The Morgan fingerprint density at radius 2 is 1.79 bits per heavy atom. The lowest BCUT2D eigenvalue weighted by Crippen LogP contribution is -2.31. The molecule has 0 spiro atoms. The van der Waals surface area contributed by atoms with Crippen molar-refractivity contribution in [1.82, 2.24) is 14.7 Å². The Morgan fingerprint density at radius 3 is 2.39 bits per heavy atom. The van der Waals surface area contributed by atoms with E-state index in [1.807, 2.05) is 0 Å². The van der Waals surface area contributed by atoms with Crippen LogP contribution in [0.1, 0.15) is 23.0 Å². The highest BCUT2D eigenvalue weighted by molar-refractivity contribution is 6.04. The van der Waals surface area contributed by atoms with Crippen LogP contribution in [0.15, 0.2) is 53.3 Å². The summed E-state index contributed by atoms with van der Waals surface area (Å²) >= 11 is 0.